The first-order valence-corrected chi connectivity index (χ1v) is 12.8. The van der Waals surface area contributed by atoms with Gasteiger partial charge in [0.15, 0.2) is 0 Å². The highest BCUT2D eigenvalue weighted by atomic mass is 16.2. The van der Waals surface area contributed by atoms with Gasteiger partial charge in [0.1, 0.15) is 12.6 Å². The van der Waals surface area contributed by atoms with Crippen LogP contribution in [0, 0.1) is 6.92 Å². The lowest BCUT2D eigenvalue weighted by atomic mass is 9.95. The van der Waals surface area contributed by atoms with Crippen LogP contribution in [-0.4, -0.2) is 54.8 Å². The molecular weight excluding hydrogens is 440 g/mol. The highest BCUT2D eigenvalue weighted by molar-refractivity contribution is 6.09. The van der Waals surface area contributed by atoms with E-state index in [-0.39, 0.29) is 30.3 Å². The highest BCUT2D eigenvalue weighted by Crippen LogP contribution is 2.40. The van der Waals surface area contributed by atoms with E-state index in [0.29, 0.717) is 17.8 Å². The number of amides is 3. The van der Waals surface area contributed by atoms with Crippen molar-refractivity contribution < 1.29 is 14.4 Å². The lowest BCUT2D eigenvalue weighted by Crippen LogP contribution is -2.57. The van der Waals surface area contributed by atoms with Crippen LogP contribution in [0.1, 0.15) is 60.0 Å². The minimum atomic E-state index is -0.246. The lowest BCUT2D eigenvalue weighted by Gasteiger charge is -2.45. The third-order valence-electron chi connectivity index (χ3n) is 7.39. The summed E-state index contributed by atoms with van der Waals surface area (Å²) in [5.74, 6) is -0.252. The number of aryl methyl sites for hydroxylation is 1. The number of hydrogen-bond acceptors (Lipinski definition) is 4. The molecule has 1 N–H and O–H groups in total. The van der Waals surface area contributed by atoms with Crippen molar-refractivity contribution in [2.75, 3.05) is 36.0 Å². The van der Waals surface area contributed by atoms with Crippen molar-refractivity contribution in [2.45, 2.75) is 58.0 Å². The van der Waals surface area contributed by atoms with E-state index in [1.165, 1.54) is 0 Å². The molecule has 0 aromatic heterocycles. The molecule has 2 fully saturated rings. The van der Waals surface area contributed by atoms with Gasteiger partial charge < -0.3 is 15.1 Å². The molecule has 3 aliphatic heterocycles. The smallest absolute Gasteiger partial charge is 0.253 e. The van der Waals surface area contributed by atoms with Gasteiger partial charge in [-0.2, -0.15) is 0 Å². The topological polar surface area (TPSA) is 73.0 Å². The molecule has 3 amide bonds. The normalized spacial score (nSPS) is 19.7. The first-order valence-electron chi connectivity index (χ1n) is 12.8. The molecule has 184 valence electrons. The van der Waals surface area contributed by atoms with E-state index in [0.717, 1.165) is 75.0 Å². The Morgan fingerprint density at radius 2 is 1.74 bits per heavy atom. The Hall–Kier alpha value is -3.35. The predicted octanol–water partition coefficient (Wildman–Crippen LogP) is 3.64. The number of nitrogens with one attached hydrogen (secondary N) is 1. The molecule has 0 radical (unpaired) electrons. The molecule has 0 unspecified atom stereocenters. The Morgan fingerprint density at radius 3 is 2.54 bits per heavy atom. The number of carbonyl (C=O) groups is 3. The van der Waals surface area contributed by atoms with Crippen LogP contribution in [0.5, 0.6) is 0 Å². The van der Waals surface area contributed by atoms with Crippen molar-refractivity contribution >= 4 is 29.1 Å². The number of likely N-dealkylation sites (tertiary alicyclic amines) is 1. The number of anilines is 2. The molecule has 5 rings (SSSR count). The summed E-state index contributed by atoms with van der Waals surface area (Å²) in [6.07, 6.45) is 6.03. The summed E-state index contributed by atoms with van der Waals surface area (Å²) in [7, 11) is 0. The zero-order valence-corrected chi connectivity index (χ0v) is 20.5. The van der Waals surface area contributed by atoms with Gasteiger partial charge in [-0.3, -0.25) is 19.3 Å². The molecular formula is C28H34N4O3. The SMILES string of the molecule is Cc1cccc(CNC(=O)CN2C(=O)[C@@H]3CCCCN3c3ccc(C(=O)N4CCCCC4)cc32)c1. The maximum absolute atomic E-state index is 13.6. The van der Waals surface area contributed by atoms with Gasteiger partial charge in [0, 0.05) is 31.7 Å². The third kappa shape index (κ3) is 4.90. The summed E-state index contributed by atoms with van der Waals surface area (Å²) in [6.45, 7) is 4.74. The molecule has 3 aliphatic rings. The average molecular weight is 475 g/mol. The largest absolute Gasteiger partial charge is 0.358 e. The molecule has 0 bridgehead atoms. The van der Waals surface area contributed by atoms with Gasteiger partial charge in [-0.05, 0) is 69.2 Å². The maximum atomic E-state index is 13.6. The molecule has 3 heterocycles. The number of hydrogen-bond donors (Lipinski definition) is 1. The fraction of sp³-hybridized carbons (Fsp3) is 0.464. The van der Waals surface area contributed by atoms with Crippen LogP contribution < -0.4 is 15.1 Å². The Kier molecular flexibility index (Phi) is 6.75. The van der Waals surface area contributed by atoms with Crippen LogP contribution in [0.3, 0.4) is 0 Å². The van der Waals surface area contributed by atoms with Crippen molar-refractivity contribution in [3.8, 4) is 0 Å². The molecule has 2 aromatic carbocycles. The van der Waals surface area contributed by atoms with Gasteiger partial charge >= 0.3 is 0 Å². The first kappa shape index (κ1) is 23.4. The Bertz CT molecular complexity index is 1120. The molecule has 0 aliphatic carbocycles. The maximum Gasteiger partial charge on any atom is 0.253 e. The number of rotatable bonds is 5. The van der Waals surface area contributed by atoms with Crippen LogP contribution in [0.2, 0.25) is 0 Å². The van der Waals surface area contributed by atoms with Crippen LogP contribution in [0.4, 0.5) is 11.4 Å². The van der Waals surface area contributed by atoms with E-state index < -0.39 is 0 Å². The summed E-state index contributed by atoms with van der Waals surface area (Å²) in [5, 5.41) is 2.96. The molecule has 7 heteroatoms. The molecule has 0 spiro atoms. The van der Waals surface area contributed by atoms with E-state index in [1.807, 2.05) is 54.3 Å². The second-order valence-corrected chi connectivity index (χ2v) is 9.95. The summed E-state index contributed by atoms with van der Waals surface area (Å²) in [5.41, 5.74) is 4.36. The second kappa shape index (κ2) is 10.1. The Balaban J connectivity index is 1.39. The van der Waals surface area contributed by atoms with Crippen molar-refractivity contribution in [3.05, 3.63) is 59.2 Å². The monoisotopic (exact) mass is 474 g/mol. The fourth-order valence-corrected chi connectivity index (χ4v) is 5.56. The van der Waals surface area contributed by atoms with Crippen molar-refractivity contribution in [2.24, 2.45) is 0 Å². The van der Waals surface area contributed by atoms with Crippen molar-refractivity contribution in [1.29, 1.82) is 0 Å². The minimum absolute atomic E-state index is 0.00423. The summed E-state index contributed by atoms with van der Waals surface area (Å²) in [6, 6.07) is 13.4. The first-order chi connectivity index (χ1) is 17.0. The Morgan fingerprint density at radius 1 is 0.943 bits per heavy atom. The van der Waals surface area contributed by atoms with Gasteiger partial charge in [-0.25, -0.2) is 0 Å². The molecule has 1 atom stereocenters. The summed E-state index contributed by atoms with van der Waals surface area (Å²) in [4.78, 5) is 45.4. The van der Waals surface area contributed by atoms with E-state index >= 15 is 0 Å². The van der Waals surface area contributed by atoms with Crippen molar-refractivity contribution in [3.63, 3.8) is 0 Å². The summed E-state index contributed by atoms with van der Waals surface area (Å²) < 4.78 is 0. The Labute approximate surface area is 207 Å². The highest BCUT2D eigenvalue weighted by Gasteiger charge is 2.40. The second-order valence-electron chi connectivity index (χ2n) is 9.95. The van der Waals surface area contributed by atoms with Gasteiger partial charge in [-0.1, -0.05) is 29.8 Å². The van der Waals surface area contributed by atoms with Crippen LogP contribution in [0.15, 0.2) is 42.5 Å². The van der Waals surface area contributed by atoms with E-state index in [4.69, 9.17) is 0 Å². The number of nitrogens with zero attached hydrogens (tertiary/aromatic N) is 3. The number of benzene rings is 2. The van der Waals surface area contributed by atoms with Gasteiger partial charge in [0.2, 0.25) is 11.8 Å². The minimum Gasteiger partial charge on any atom is -0.358 e. The van der Waals surface area contributed by atoms with E-state index in [9.17, 15) is 14.4 Å². The predicted molar refractivity (Wildman–Crippen MR) is 137 cm³/mol. The van der Waals surface area contributed by atoms with E-state index in [2.05, 4.69) is 10.2 Å². The number of carbonyl (C=O) groups excluding carboxylic acids is 3. The summed E-state index contributed by atoms with van der Waals surface area (Å²) >= 11 is 0. The van der Waals surface area contributed by atoms with Gasteiger partial charge in [-0.15, -0.1) is 0 Å². The molecule has 7 nitrogen and oxygen atoms in total. The molecule has 2 saturated heterocycles. The third-order valence-corrected chi connectivity index (χ3v) is 7.39. The quantitative estimate of drug-likeness (QED) is 0.718. The molecule has 2 aromatic rings. The number of fused-ring (bicyclic) bond motifs is 3. The van der Waals surface area contributed by atoms with Crippen LogP contribution in [-0.2, 0) is 16.1 Å². The van der Waals surface area contributed by atoms with E-state index in [1.54, 1.807) is 4.90 Å². The van der Waals surface area contributed by atoms with Crippen molar-refractivity contribution in [1.82, 2.24) is 10.2 Å². The fourth-order valence-electron chi connectivity index (χ4n) is 5.56. The number of piperidine rings is 2. The zero-order chi connectivity index (χ0) is 24.4. The van der Waals surface area contributed by atoms with Gasteiger partial charge in [0.25, 0.3) is 5.91 Å². The average Bonchev–Trinajstić information content (AvgIpc) is 2.89. The molecule has 35 heavy (non-hydrogen) atoms. The van der Waals surface area contributed by atoms with Gasteiger partial charge in [0.05, 0.1) is 11.4 Å². The molecule has 0 saturated carbocycles. The lowest BCUT2D eigenvalue weighted by molar-refractivity contribution is -0.125. The van der Waals surface area contributed by atoms with Crippen LogP contribution in [0.25, 0.3) is 0 Å². The standard InChI is InChI=1S/C28H34N4O3/c1-20-8-7-9-21(16-20)18-29-26(33)19-32-25-17-22(27(34)30-13-4-2-5-14-30)11-12-23(25)31-15-6-3-10-24(31)28(32)35/h7-9,11-12,16-17,24H,2-6,10,13-15,18-19H2,1H3,(H,29,33)/t24-/m0/s1. The zero-order valence-electron chi connectivity index (χ0n) is 20.5. The van der Waals surface area contributed by atoms with Crippen LogP contribution >= 0.6 is 0 Å².